The third kappa shape index (κ3) is 4.42. The van der Waals surface area contributed by atoms with Crippen molar-refractivity contribution in [3.63, 3.8) is 0 Å². The molecule has 0 fully saturated rings. The fourth-order valence-corrected chi connectivity index (χ4v) is 2.49. The van der Waals surface area contributed by atoms with E-state index in [0.717, 1.165) is 18.2 Å². The molecule has 8 heteroatoms. The van der Waals surface area contributed by atoms with Crippen LogP contribution in [-0.2, 0) is 11.3 Å². The summed E-state index contributed by atoms with van der Waals surface area (Å²) in [4.78, 5) is 11.9. The Labute approximate surface area is 148 Å². The Kier molecular flexibility index (Phi) is 5.89. The summed E-state index contributed by atoms with van der Waals surface area (Å²) in [5, 5.41) is 6.83. The first-order valence-corrected chi connectivity index (χ1v) is 7.94. The van der Waals surface area contributed by atoms with E-state index in [-0.39, 0.29) is 0 Å². The Morgan fingerprint density at radius 1 is 1.32 bits per heavy atom. The van der Waals surface area contributed by atoms with Gasteiger partial charge in [0.25, 0.3) is 0 Å². The summed E-state index contributed by atoms with van der Waals surface area (Å²) in [6.45, 7) is 6.41. The first kappa shape index (κ1) is 19.1. The molecule has 0 spiro atoms. The molecule has 1 aromatic heterocycles. The first-order chi connectivity index (χ1) is 11.7. The number of hydrogen-bond donors (Lipinski definition) is 1. The van der Waals surface area contributed by atoms with Gasteiger partial charge in [-0.15, -0.1) is 0 Å². The highest BCUT2D eigenvalue weighted by molar-refractivity contribution is 6.31. The van der Waals surface area contributed by atoms with Gasteiger partial charge in [0.2, 0.25) is 5.91 Å². The fourth-order valence-electron chi connectivity index (χ4n) is 2.18. The van der Waals surface area contributed by atoms with Crippen LogP contribution in [0, 0.1) is 30.3 Å². The number of aromatic nitrogens is 2. The highest BCUT2D eigenvalue weighted by atomic mass is 35.5. The normalized spacial score (nSPS) is 11.5. The molecule has 2 aromatic rings. The van der Waals surface area contributed by atoms with E-state index in [2.05, 4.69) is 10.4 Å². The number of nitrogens with zero attached hydrogens (tertiary/aromatic N) is 2. The number of nitrogens with one attached hydrogen (secondary N) is 1. The molecule has 2 rings (SSSR count). The quantitative estimate of drug-likeness (QED) is 0.618. The van der Waals surface area contributed by atoms with Crippen molar-refractivity contribution in [1.29, 1.82) is 0 Å². The van der Waals surface area contributed by atoms with Crippen LogP contribution < -0.4 is 5.32 Å². The van der Waals surface area contributed by atoms with Gasteiger partial charge in [-0.1, -0.05) is 25.4 Å². The molecule has 0 saturated carbocycles. The molecule has 1 heterocycles. The summed E-state index contributed by atoms with van der Waals surface area (Å²) in [7, 11) is 0. The number of aryl methyl sites for hydroxylation is 1. The highest BCUT2D eigenvalue weighted by Crippen LogP contribution is 2.23. The van der Waals surface area contributed by atoms with Gasteiger partial charge in [-0.25, -0.2) is 13.2 Å². The zero-order valence-corrected chi connectivity index (χ0v) is 14.7. The number of rotatable bonds is 5. The summed E-state index contributed by atoms with van der Waals surface area (Å²) in [5.74, 6) is -4.80. The molecule has 0 radical (unpaired) electrons. The number of hydrogen-bond acceptors (Lipinski definition) is 2. The Morgan fingerprint density at radius 2 is 2.00 bits per heavy atom. The lowest BCUT2D eigenvalue weighted by Gasteiger charge is -2.06. The van der Waals surface area contributed by atoms with Crippen molar-refractivity contribution in [2.45, 2.75) is 27.3 Å². The van der Waals surface area contributed by atoms with Crippen LogP contribution >= 0.6 is 11.6 Å². The SMILES string of the molecule is Cc1nn(CC(C)C)c(Cl)c1/C=C/C(=O)Nc1ccc(F)c(F)c1F. The minimum atomic E-state index is -1.64. The molecular formula is C17H17ClF3N3O. The van der Waals surface area contributed by atoms with Crippen molar-refractivity contribution < 1.29 is 18.0 Å². The van der Waals surface area contributed by atoms with Gasteiger partial charge >= 0.3 is 0 Å². The number of benzene rings is 1. The van der Waals surface area contributed by atoms with Crippen molar-refractivity contribution >= 4 is 29.3 Å². The lowest BCUT2D eigenvalue weighted by molar-refractivity contribution is -0.111. The Balaban J connectivity index is 2.16. The largest absolute Gasteiger partial charge is 0.320 e. The summed E-state index contributed by atoms with van der Waals surface area (Å²) in [6, 6.07) is 1.67. The third-order valence-electron chi connectivity index (χ3n) is 3.34. The monoisotopic (exact) mass is 371 g/mol. The van der Waals surface area contributed by atoms with E-state index < -0.39 is 29.0 Å². The summed E-state index contributed by atoms with van der Waals surface area (Å²) in [5.41, 5.74) is 0.740. The van der Waals surface area contributed by atoms with Crippen LogP contribution in [0.3, 0.4) is 0 Å². The average Bonchev–Trinajstić information content (AvgIpc) is 2.79. The Morgan fingerprint density at radius 3 is 2.64 bits per heavy atom. The van der Waals surface area contributed by atoms with E-state index in [1.165, 1.54) is 6.08 Å². The van der Waals surface area contributed by atoms with Crippen LogP contribution in [0.1, 0.15) is 25.1 Å². The standard InChI is InChI=1S/C17H17ClF3N3O/c1-9(2)8-24-17(18)11(10(3)23-24)4-7-14(25)22-13-6-5-12(19)15(20)16(13)21/h4-7,9H,8H2,1-3H3,(H,22,25)/b7-4+. The molecule has 0 unspecified atom stereocenters. The predicted molar refractivity (Wildman–Crippen MR) is 90.8 cm³/mol. The fraction of sp³-hybridized carbons (Fsp3) is 0.294. The molecule has 1 amide bonds. The third-order valence-corrected chi connectivity index (χ3v) is 3.74. The first-order valence-electron chi connectivity index (χ1n) is 7.56. The molecule has 1 N–H and O–H groups in total. The van der Waals surface area contributed by atoms with Crippen molar-refractivity contribution in [3.05, 3.63) is 52.1 Å². The molecule has 1 aromatic carbocycles. The van der Waals surface area contributed by atoms with Crippen LogP contribution in [0.15, 0.2) is 18.2 Å². The molecule has 4 nitrogen and oxygen atoms in total. The molecule has 0 atom stereocenters. The summed E-state index contributed by atoms with van der Waals surface area (Å²) >= 11 is 6.25. The maximum atomic E-state index is 13.6. The van der Waals surface area contributed by atoms with Crippen LogP contribution in [0.4, 0.5) is 18.9 Å². The summed E-state index contributed by atoms with van der Waals surface area (Å²) in [6.07, 6.45) is 2.56. The minimum absolute atomic E-state index is 0.341. The van der Waals surface area contributed by atoms with Gasteiger partial charge in [-0.3, -0.25) is 9.48 Å². The predicted octanol–water partition coefficient (Wildman–Crippen LogP) is 4.57. The van der Waals surface area contributed by atoms with Crippen LogP contribution in [0.25, 0.3) is 6.08 Å². The van der Waals surface area contributed by atoms with Gasteiger partial charge in [0.15, 0.2) is 17.5 Å². The van der Waals surface area contributed by atoms with Gasteiger partial charge in [0, 0.05) is 18.2 Å². The molecule has 0 aliphatic rings. The molecule has 25 heavy (non-hydrogen) atoms. The summed E-state index contributed by atoms with van der Waals surface area (Å²) < 4.78 is 41.2. The smallest absolute Gasteiger partial charge is 0.248 e. The molecule has 0 saturated heterocycles. The number of anilines is 1. The molecular weight excluding hydrogens is 355 g/mol. The van der Waals surface area contributed by atoms with E-state index in [9.17, 15) is 18.0 Å². The Bertz CT molecular complexity index is 831. The van der Waals surface area contributed by atoms with Crippen molar-refractivity contribution in [2.24, 2.45) is 5.92 Å². The van der Waals surface area contributed by atoms with Crippen LogP contribution in [0.2, 0.25) is 5.15 Å². The molecule has 0 bridgehead atoms. The van der Waals surface area contributed by atoms with E-state index in [1.807, 2.05) is 13.8 Å². The maximum Gasteiger partial charge on any atom is 0.248 e. The number of halogens is 4. The maximum absolute atomic E-state index is 13.6. The lowest BCUT2D eigenvalue weighted by Crippen LogP contribution is -2.10. The zero-order valence-electron chi connectivity index (χ0n) is 13.9. The average molecular weight is 372 g/mol. The molecule has 0 aliphatic heterocycles. The van der Waals surface area contributed by atoms with Gasteiger partial charge in [-0.05, 0) is 31.1 Å². The lowest BCUT2D eigenvalue weighted by atomic mass is 10.2. The Hall–Kier alpha value is -2.28. The number of carbonyl (C=O) groups excluding carboxylic acids is 1. The van der Waals surface area contributed by atoms with Crippen molar-refractivity contribution in [3.8, 4) is 0 Å². The second kappa shape index (κ2) is 7.74. The molecule has 0 aliphatic carbocycles. The van der Waals surface area contributed by atoms with Gasteiger partial charge in [0.1, 0.15) is 5.15 Å². The van der Waals surface area contributed by atoms with Crippen LogP contribution in [0.5, 0.6) is 0 Å². The van der Waals surface area contributed by atoms with Crippen molar-refractivity contribution in [2.75, 3.05) is 5.32 Å². The van der Waals surface area contributed by atoms with Gasteiger partial charge in [0.05, 0.1) is 11.4 Å². The van der Waals surface area contributed by atoms with E-state index in [4.69, 9.17) is 11.6 Å². The molecule has 134 valence electrons. The second-order valence-electron chi connectivity index (χ2n) is 5.91. The second-order valence-corrected chi connectivity index (χ2v) is 6.27. The van der Waals surface area contributed by atoms with Gasteiger partial charge in [-0.2, -0.15) is 5.10 Å². The van der Waals surface area contributed by atoms with Crippen molar-refractivity contribution in [1.82, 2.24) is 9.78 Å². The van der Waals surface area contributed by atoms with E-state index in [1.54, 1.807) is 11.6 Å². The highest BCUT2D eigenvalue weighted by Gasteiger charge is 2.15. The van der Waals surface area contributed by atoms with Crippen LogP contribution in [-0.4, -0.2) is 15.7 Å². The van der Waals surface area contributed by atoms with E-state index in [0.29, 0.717) is 28.9 Å². The number of carbonyl (C=O) groups is 1. The topological polar surface area (TPSA) is 46.9 Å². The van der Waals surface area contributed by atoms with E-state index >= 15 is 0 Å². The number of amides is 1. The zero-order chi connectivity index (χ0) is 18.7. The minimum Gasteiger partial charge on any atom is -0.320 e. The van der Waals surface area contributed by atoms with Gasteiger partial charge < -0.3 is 5.32 Å².